The van der Waals surface area contributed by atoms with Gasteiger partial charge in [-0.05, 0) is 18.3 Å². The minimum Gasteiger partial charge on any atom is -0.380 e. The number of hydrogen-bond donors (Lipinski definition) is 0. The summed E-state index contributed by atoms with van der Waals surface area (Å²) in [6, 6.07) is 0. The lowest BCUT2D eigenvalue weighted by Gasteiger charge is -2.43. The van der Waals surface area contributed by atoms with E-state index in [1.54, 1.807) is 0 Å². The first-order valence-electron chi connectivity index (χ1n) is 5.83. The van der Waals surface area contributed by atoms with Crippen molar-refractivity contribution in [3.05, 3.63) is 12.2 Å². The van der Waals surface area contributed by atoms with Crippen molar-refractivity contribution in [1.29, 1.82) is 0 Å². The first kappa shape index (κ1) is 11.2. The summed E-state index contributed by atoms with van der Waals surface area (Å²) in [7, 11) is 1.83. The molecule has 2 fully saturated rings. The Morgan fingerprint density at radius 3 is 2.60 bits per heavy atom. The Hall–Kier alpha value is -0.340. The van der Waals surface area contributed by atoms with Crippen LogP contribution >= 0.6 is 0 Å². The van der Waals surface area contributed by atoms with Crippen molar-refractivity contribution in [2.75, 3.05) is 20.2 Å². The summed E-state index contributed by atoms with van der Waals surface area (Å²) < 4.78 is 5.53. The predicted molar refractivity (Wildman–Crippen MR) is 62.9 cm³/mol. The van der Waals surface area contributed by atoms with Crippen LogP contribution in [0.4, 0.5) is 0 Å². The van der Waals surface area contributed by atoms with Crippen LogP contribution in [0.3, 0.4) is 0 Å². The van der Waals surface area contributed by atoms with Crippen LogP contribution in [0.25, 0.3) is 0 Å². The van der Waals surface area contributed by atoms with Crippen LogP contribution in [0.15, 0.2) is 12.2 Å². The van der Waals surface area contributed by atoms with E-state index in [1.807, 2.05) is 7.11 Å². The summed E-state index contributed by atoms with van der Waals surface area (Å²) in [5.74, 6) is 0. The highest BCUT2D eigenvalue weighted by molar-refractivity contribution is 5.22. The summed E-state index contributed by atoms with van der Waals surface area (Å²) in [6.07, 6.45) is 2.72. The van der Waals surface area contributed by atoms with Crippen LogP contribution in [0, 0.1) is 5.41 Å². The summed E-state index contributed by atoms with van der Waals surface area (Å²) in [4.78, 5) is 2.59. The molecule has 86 valence electrons. The minimum absolute atomic E-state index is 0.296. The molecule has 2 atom stereocenters. The molecular weight excluding hydrogens is 186 g/mol. The Morgan fingerprint density at radius 1 is 1.47 bits per heavy atom. The van der Waals surface area contributed by atoms with Crippen molar-refractivity contribution >= 4 is 0 Å². The molecule has 2 aliphatic rings. The number of ether oxygens (including phenoxy) is 1. The Kier molecular flexibility index (Phi) is 2.47. The molecule has 2 saturated heterocycles. The van der Waals surface area contributed by atoms with Gasteiger partial charge < -0.3 is 4.74 Å². The SMILES string of the molecule is C=C1CN2CC(OC)CC2(C(C)(C)C)C1. The second-order valence-electron chi connectivity index (χ2n) is 6.15. The molecule has 0 aliphatic carbocycles. The summed E-state index contributed by atoms with van der Waals surface area (Å²) in [5.41, 5.74) is 1.99. The maximum absolute atomic E-state index is 5.53. The molecule has 0 radical (unpaired) electrons. The third-order valence-corrected chi connectivity index (χ3v) is 4.28. The summed E-state index contributed by atoms with van der Waals surface area (Å²) in [5, 5.41) is 0. The quantitative estimate of drug-likeness (QED) is 0.615. The number of methoxy groups -OCH3 is 1. The smallest absolute Gasteiger partial charge is 0.0716 e. The highest BCUT2D eigenvalue weighted by Crippen LogP contribution is 2.51. The average Bonchev–Trinajstić information content (AvgIpc) is 2.55. The van der Waals surface area contributed by atoms with Crippen molar-refractivity contribution in [2.45, 2.75) is 45.3 Å². The molecule has 0 aromatic heterocycles. The Labute approximate surface area is 93.3 Å². The van der Waals surface area contributed by atoms with Crippen molar-refractivity contribution in [2.24, 2.45) is 5.41 Å². The van der Waals surface area contributed by atoms with Crippen molar-refractivity contribution < 1.29 is 4.74 Å². The van der Waals surface area contributed by atoms with E-state index >= 15 is 0 Å². The zero-order valence-corrected chi connectivity index (χ0v) is 10.5. The van der Waals surface area contributed by atoms with E-state index in [0.717, 1.165) is 25.9 Å². The number of fused-ring (bicyclic) bond motifs is 1. The van der Waals surface area contributed by atoms with Crippen LogP contribution in [-0.4, -0.2) is 36.7 Å². The molecule has 2 rings (SSSR count). The molecule has 2 aliphatic heterocycles. The average molecular weight is 209 g/mol. The molecule has 0 aromatic rings. The van der Waals surface area contributed by atoms with Crippen LogP contribution in [0.5, 0.6) is 0 Å². The molecule has 2 unspecified atom stereocenters. The van der Waals surface area contributed by atoms with Crippen LogP contribution in [0.1, 0.15) is 33.6 Å². The van der Waals surface area contributed by atoms with E-state index in [0.29, 0.717) is 17.1 Å². The van der Waals surface area contributed by atoms with E-state index in [4.69, 9.17) is 4.74 Å². The second kappa shape index (κ2) is 3.33. The first-order valence-corrected chi connectivity index (χ1v) is 5.83. The normalized spacial score (nSPS) is 37.3. The molecular formula is C13H23NO. The van der Waals surface area contributed by atoms with Crippen LogP contribution in [0.2, 0.25) is 0 Å². The van der Waals surface area contributed by atoms with Gasteiger partial charge in [0.2, 0.25) is 0 Å². The van der Waals surface area contributed by atoms with E-state index < -0.39 is 0 Å². The molecule has 2 heterocycles. The standard InChI is InChI=1S/C13H23NO/c1-10-6-13(12(2,3)4)7-11(15-5)9-14(13)8-10/h11H,1,6-9H2,2-5H3. The Morgan fingerprint density at radius 2 is 2.13 bits per heavy atom. The van der Waals surface area contributed by atoms with E-state index in [1.165, 1.54) is 5.57 Å². The molecule has 0 aromatic carbocycles. The van der Waals surface area contributed by atoms with Gasteiger partial charge in [-0.3, -0.25) is 4.90 Å². The van der Waals surface area contributed by atoms with Gasteiger partial charge in [0, 0.05) is 25.7 Å². The van der Waals surface area contributed by atoms with Crippen molar-refractivity contribution in [3.8, 4) is 0 Å². The van der Waals surface area contributed by atoms with Gasteiger partial charge in [0.25, 0.3) is 0 Å². The van der Waals surface area contributed by atoms with Gasteiger partial charge in [-0.1, -0.05) is 32.9 Å². The molecule has 2 heteroatoms. The molecule has 0 saturated carbocycles. The maximum Gasteiger partial charge on any atom is 0.0716 e. The van der Waals surface area contributed by atoms with Crippen LogP contribution in [-0.2, 0) is 4.74 Å². The van der Waals surface area contributed by atoms with E-state index in [2.05, 4.69) is 32.3 Å². The second-order valence-corrected chi connectivity index (χ2v) is 6.15. The zero-order valence-electron chi connectivity index (χ0n) is 10.5. The van der Waals surface area contributed by atoms with Gasteiger partial charge in [-0.2, -0.15) is 0 Å². The number of nitrogens with zero attached hydrogens (tertiary/aromatic N) is 1. The molecule has 15 heavy (non-hydrogen) atoms. The van der Waals surface area contributed by atoms with Crippen molar-refractivity contribution in [3.63, 3.8) is 0 Å². The minimum atomic E-state index is 0.296. The fraction of sp³-hybridized carbons (Fsp3) is 0.846. The fourth-order valence-electron chi connectivity index (χ4n) is 3.33. The monoisotopic (exact) mass is 209 g/mol. The number of rotatable bonds is 1. The molecule has 0 bridgehead atoms. The van der Waals surface area contributed by atoms with Gasteiger partial charge in [0.15, 0.2) is 0 Å². The molecule has 2 nitrogen and oxygen atoms in total. The predicted octanol–water partition coefficient (Wildman–Crippen LogP) is 2.45. The molecule has 0 amide bonds. The lowest BCUT2D eigenvalue weighted by atomic mass is 9.70. The Bertz CT molecular complexity index is 279. The van der Waals surface area contributed by atoms with Crippen LogP contribution < -0.4 is 0 Å². The first-order chi connectivity index (χ1) is 6.89. The van der Waals surface area contributed by atoms with E-state index in [9.17, 15) is 0 Å². The zero-order chi connectivity index (χ0) is 11.3. The third-order valence-electron chi connectivity index (χ3n) is 4.28. The van der Waals surface area contributed by atoms with Gasteiger partial charge in [-0.15, -0.1) is 0 Å². The van der Waals surface area contributed by atoms with E-state index in [-0.39, 0.29) is 0 Å². The highest BCUT2D eigenvalue weighted by atomic mass is 16.5. The van der Waals surface area contributed by atoms with Gasteiger partial charge in [0.1, 0.15) is 0 Å². The largest absolute Gasteiger partial charge is 0.380 e. The summed E-state index contributed by atoms with van der Waals surface area (Å²) >= 11 is 0. The fourth-order valence-corrected chi connectivity index (χ4v) is 3.33. The molecule has 0 spiro atoms. The topological polar surface area (TPSA) is 12.5 Å². The Balaban J connectivity index is 2.29. The van der Waals surface area contributed by atoms with Gasteiger partial charge in [-0.25, -0.2) is 0 Å². The van der Waals surface area contributed by atoms with Gasteiger partial charge >= 0.3 is 0 Å². The summed E-state index contributed by atoms with van der Waals surface area (Å²) in [6.45, 7) is 13.3. The van der Waals surface area contributed by atoms with Crippen molar-refractivity contribution in [1.82, 2.24) is 4.90 Å². The highest BCUT2D eigenvalue weighted by Gasteiger charge is 2.55. The maximum atomic E-state index is 5.53. The van der Waals surface area contributed by atoms with Gasteiger partial charge in [0.05, 0.1) is 6.10 Å². The lowest BCUT2D eigenvalue weighted by molar-refractivity contribution is 0.0613. The third kappa shape index (κ3) is 1.55. The lowest BCUT2D eigenvalue weighted by Crippen LogP contribution is -2.48. The molecule has 0 N–H and O–H groups in total. The number of hydrogen-bond acceptors (Lipinski definition) is 2.